The summed E-state index contributed by atoms with van der Waals surface area (Å²) in [4.78, 5) is 31.2. The van der Waals surface area contributed by atoms with E-state index < -0.39 is 12.1 Å². The van der Waals surface area contributed by atoms with Crippen LogP contribution in [0.1, 0.15) is 17.2 Å². The maximum atomic E-state index is 13.4. The minimum Gasteiger partial charge on any atom is -0.356 e. The Hall–Kier alpha value is -2.77. The van der Waals surface area contributed by atoms with Gasteiger partial charge in [-0.3, -0.25) is 14.5 Å². The van der Waals surface area contributed by atoms with E-state index in [4.69, 9.17) is 4.74 Å². The van der Waals surface area contributed by atoms with Crippen molar-refractivity contribution in [2.45, 2.75) is 18.7 Å². The average molecular weight is 411 g/mol. The summed E-state index contributed by atoms with van der Waals surface area (Å²) in [7, 11) is 1.66. The lowest BCUT2D eigenvalue weighted by Gasteiger charge is -2.42. The highest BCUT2D eigenvalue weighted by Gasteiger charge is 2.42. The van der Waals surface area contributed by atoms with Crippen LogP contribution >= 0.6 is 0 Å². The van der Waals surface area contributed by atoms with E-state index in [2.05, 4.69) is 17.0 Å². The van der Waals surface area contributed by atoms with Crippen LogP contribution in [0, 0.1) is 5.82 Å². The molecule has 2 aromatic carbocycles. The van der Waals surface area contributed by atoms with Crippen molar-refractivity contribution >= 4 is 11.8 Å². The van der Waals surface area contributed by atoms with Gasteiger partial charge in [0, 0.05) is 39.8 Å². The SMILES string of the molecule is CN1C(=O)CO[C@H](C(=O)N2CCN(Cc3ccccc3)CC2)[C@@H]1c1ccc(F)cc1. The summed E-state index contributed by atoms with van der Waals surface area (Å²) in [5.74, 6) is -0.675. The fourth-order valence-corrected chi connectivity index (χ4v) is 4.12. The van der Waals surface area contributed by atoms with Gasteiger partial charge in [-0.15, -0.1) is 0 Å². The molecule has 0 aliphatic carbocycles. The van der Waals surface area contributed by atoms with Gasteiger partial charge in [0.25, 0.3) is 5.91 Å². The number of carbonyl (C=O) groups excluding carboxylic acids is 2. The summed E-state index contributed by atoms with van der Waals surface area (Å²) >= 11 is 0. The van der Waals surface area contributed by atoms with Crippen molar-refractivity contribution in [2.75, 3.05) is 39.8 Å². The lowest BCUT2D eigenvalue weighted by Crippen LogP contribution is -2.57. The molecule has 0 N–H and O–H groups in total. The quantitative estimate of drug-likeness (QED) is 0.773. The highest BCUT2D eigenvalue weighted by Crippen LogP contribution is 2.30. The summed E-state index contributed by atoms with van der Waals surface area (Å²) in [6.07, 6.45) is -0.793. The van der Waals surface area contributed by atoms with Gasteiger partial charge < -0.3 is 14.5 Å². The van der Waals surface area contributed by atoms with Crippen LogP contribution in [0.5, 0.6) is 0 Å². The van der Waals surface area contributed by atoms with E-state index in [0.29, 0.717) is 18.7 Å². The first-order chi connectivity index (χ1) is 14.5. The van der Waals surface area contributed by atoms with Crippen LogP contribution in [0.4, 0.5) is 4.39 Å². The van der Waals surface area contributed by atoms with Crippen molar-refractivity contribution in [1.82, 2.24) is 14.7 Å². The van der Waals surface area contributed by atoms with E-state index in [1.54, 1.807) is 19.2 Å². The first-order valence-electron chi connectivity index (χ1n) is 10.2. The molecule has 0 saturated carbocycles. The van der Waals surface area contributed by atoms with Crippen LogP contribution in [-0.4, -0.2) is 72.5 Å². The van der Waals surface area contributed by atoms with Crippen molar-refractivity contribution in [3.63, 3.8) is 0 Å². The summed E-state index contributed by atoms with van der Waals surface area (Å²) in [6.45, 7) is 3.52. The standard InChI is InChI=1S/C23H26FN3O3/c1-25-20(28)16-30-22(21(25)18-7-9-19(24)10-8-18)23(29)27-13-11-26(12-14-27)15-17-5-3-2-4-6-17/h2-10,21-22H,11-16H2,1H3/t21-,22-/m0/s1. The van der Waals surface area contributed by atoms with Gasteiger partial charge in [-0.25, -0.2) is 4.39 Å². The van der Waals surface area contributed by atoms with Gasteiger partial charge in [-0.05, 0) is 23.3 Å². The smallest absolute Gasteiger partial charge is 0.254 e. The second-order valence-corrected chi connectivity index (χ2v) is 7.82. The molecule has 7 heteroatoms. The van der Waals surface area contributed by atoms with Crippen LogP contribution < -0.4 is 0 Å². The predicted molar refractivity (Wildman–Crippen MR) is 110 cm³/mol. The number of hydrogen-bond donors (Lipinski definition) is 0. The van der Waals surface area contributed by atoms with Gasteiger partial charge in [-0.2, -0.15) is 0 Å². The molecule has 0 unspecified atom stereocenters. The molecule has 0 spiro atoms. The molecule has 2 aromatic rings. The third-order valence-electron chi connectivity index (χ3n) is 5.87. The van der Waals surface area contributed by atoms with Crippen LogP contribution in [-0.2, 0) is 20.9 Å². The van der Waals surface area contributed by atoms with Crippen LogP contribution in [0.3, 0.4) is 0 Å². The monoisotopic (exact) mass is 411 g/mol. The Labute approximate surface area is 175 Å². The zero-order chi connectivity index (χ0) is 21.1. The molecule has 0 radical (unpaired) electrons. The molecule has 6 nitrogen and oxygen atoms in total. The molecule has 0 bridgehead atoms. The number of ether oxygens (including phenoxy) is 1. The van der Waals surface area contributed by atoms with Crippen molar-refractivity contribution in [3.8, 4) is 0 Å². The lowest BCUT2D eigenvalue weighted by molar-refractivity contribution is -0.168. The Balaban J connectivity index is 1.43. The van der Waals surface area contributed by atoms with Crippen molar-refractivity contribution < 1.29 is 18.7 Å². The topological polar surface area (TPSA) is 53.1 Å². The summed E-state index contributed by atoms with van der Waals surface area (Å²) in [6, 6.07) is 15.6. The fourth-order valence-electron chi connectivity index (χ4n) is 4.12. The molecule has 4 rings (SSSR count). The van der Waals surface area contributed by atoms with Gasteiger partial charge in [0.2, 0.25) is 5.91 Å². The summed E-state index contributed by atoms with van der Waals surface area (Å²) in [5, 5.41) is 0. The summed E-state index contributed by atoms with van der Waals surface area (Å²) in [5.41, 5.74) is 1.94. The van der Waals surface area contributed by atoms with E-state index in [9.17, 15) is 14.0 Å². The van der Waals surface area contributed by atoms with Gasteiger partial charge in [-0.1, -0.05) is 42.5 Å². The van der Waals surface area contributed by atoms with Gasteiger partial charge in [0.05, 0.1) is 6.04 Å². The highest BCUT2D eigenvalue weighted by atomic mass is 19.1. The first kappa shape index (κ1) is 20.5. The normalized spacial score (nSPS) is 22.9. The number of piperazine rings is 1. The molecule has 2 aliphatic rings. The number of rotatable bonds is 4. The molecule has 30 heavy (non-hydrogen) atoms. The van der Waals surface area contributed by atoms with E-state index in [1.807, 2.05) is 23.1 Å². The number of nitrogens with zero attached hydrogens (tertiary/aromatic N) is 3. The Morgan fingerprint density at radius 3 is 2.37 bits per heavy atom. The third kappa shape index (κ3) is 4.37. The minimum absolute atomic E-state index is 0.122. The predicted octanol–water partition coefficient (Wildman–Crippen LogP) is 2.07. The van der Waals surface area contributed by atoms with E-state index in [1.165, 1.54) is 22.6 Å². The van der Waals surface area contributed by atoms with Crippen LogP contribution in [0.2, 0.25) is 0 Å². The molecular weight excluding hydrogens is 385 g/mol. The maximum Gasteiger partial charge on any atom is 0.254 e. The van der Waals surface area contributed by atoms with E-state index in [-0.39, 0.29) is 24.2 Å². The van der Waals surface area contributed by atoms with Crippen molar-refractivity contribution in [2.24, 2.45) is 0 Å². The maximum absolute atomic E-state index is 13.4. The molecule has 2 atom stereocenters. The van der Waals surface area contributed by atoms with E-state index >= 15 is 0 Å². The second-order valence-electron chi connectivity index (χ2n) is 7.82. The Kier molecular flexibility index (Phi) is 6.11. The number of amides is 2. The van der Waals surface area contributed by atoms with Crippen LogP contribution in [0.15, 0.2) is 54.6 Å². The third-order valence-corrected chi connectivity index (χ3v) is 5.87. The number of halogens is 1. The van der Waals surface area contributed by atoms with Gasteiger partial charge in [0.1, 0.15) is 12.4 Å². The van der Waals surface area contributed by atoms with Gasteiger partial charge >= 0.3 is 0 Å². The number of benzene rings is 2. The largest absolute Gasteiger partial charge is 0.356 e. The first-order valence-corrected chi connectivity index (χ1v) is 10.2. The fraction of sp³-hybridized carbons (Fsp3) is 0.391. The molecule has 2 fully saturated rings. The van der Waals surface area contributed by atoms with E-state index in [0.717, 1.165) is 19.6 Å². The number of hydrogen-bond acceptors (Lipinski definition) is 4. The highest BCUT2D eigenvalue weighted by molar-refractivity contribution is 5.86. The molecule has 0 aromatic heterocycles. The average Bonchev–Trinajstić information content (AvgIpc) is 2.77. The number of morpholine rings is 1. The molecular formula is C23H26FN3O3. The summed E-state index contributed by atoms with van der Waals surface area (Å²) < 4.78 is 19.1. The van der Waals surface area contributed by atoms with Crippen molar-refractivity contribution in [3.05, 3.63) is 71.5 Å². The lowest BCUT2D eigenvalue weighted by atomic mass is 9.97. The Bertz CT molecular complexity index is 882. The second kappa shape index (κ2) is 8.93. The Morgan fingerprint density at radius 1 is 1.03 bits per heavy atom. The minimum atomic E-state index is -0.793. The molecule has 2 saturated heterocycles. The zero-order valence-electron chi connectivity index (χ0n) is 17.0. The number of likely N-dealkylation sites (N-methyl/N-ethyl adjacent to an activating group) is 1. The zero-order valence-corrected chi connectivity index (χ0v) is 17.0. The molecule has 2 amide bonds. The Morgan fingerprint density at radius 2 is 1.70 bits per heavy atom. The van der Waals surface area contributed by atoms with Crippen LogP contribution in [0.25, 0.3) is 0 Å². The molecule has 158 valence electrons. The number of carbonyl (C=O) groups is 2. The molecule has 2 heterocycles. The molecule has 2 aliphatic heterocycles. The van der Waals surface area contributed by atoms with Crippen molar-refractivity contribution in [1.29, 1.82) is 0 Å². The van der Waals surface area contributed by atoms with Gasteiger partial charge in [0.15, 0.2) is 6.10 Å².